The van der Waals surface area contributed by atoms with Crippen LogP contribution in [0.2, 0.25) is 0 Å². The predicted molar refractivity (Wildman–Crippen MR) is 133 cm³/mol. The SMILES string of the molecule is CCCCOc1ccc(C(=O)Nc2ccc(-c3nc4cc(C(C)CC)ccc4o3)cc2)cc1. The summed E-state index contributed by atoms with van der Waals surface area (Å²) in [6.07, 6.45) is 3.19. The minimum Gasteiger partial charge on any atom is -0.494 e. The second-order valence-corrected chi connectivity index (χ2v) is 8.31. The number of aromatic nitrogens is 1. The lowest BCUT2D eigenvalue weighted by molar-refractivity contribution is 0.102. The first kappa shape index (κ1) is 22.6. The molecular weight excluding hydrogens is 412 g/mol. The van der Waals surface area contributed by atoms with Crippen LogP contribution in [0.15, 0.2) is 71.1 Å². The Morgan fingerprint density at radius 3 is 2.48 bits per heavy atom. The lowest BCUT2D eigenvalue weighted by Gasteiger charge is -2.08. The Labute approximate surface area is 194 Å². The van der Waals surface area contributed by atoms with Crippen molar-refractivity contribution in [1.82, 2.24) is 4.98 Å². The van der Waals surface area contributed by atoms with Gasteiger partial charge < -0.3 is 14.5 Å². The average Bonchev–Trinajstić information content (AvgIpc) is 3.28. The Balaban J connectivity index is 1.42. The number of amides is 1. The molecule has 0 aliphatic heterocycles. The minimum atomic E-state index is -0.165. The van der Waals surface area contributed by atoms with Crippen LogP contribution in [0.25, 0.3) is 22.6 Å². The first-order valence-corrected chi connectivity index (χ1v) is 11.6. The molecule has 0 saturated heterocycles. The summed E-state index contributed by atoms with van der Waals surface area (Å²) in [6, 6.07) is 20.9. The van der Waals surface area contributed by atoms with Crippen LogP contribution in [0.3, 0.4) is 0 Å². The van der Waals surface area contributed by atoms with E-state index in [2.05, 4.69) is 43.2 Å². The van der Waals surface area contributed by atoms with Gasteiger partial charge in [0.15, 0.2) is 5.58 Å². The molecule has 33 heavy (non-hydrogen) atoms. The normalized spacial score (nSPS) is 12.0. The second-order valence-electron chi connectivity index (χ2n) is 8.31. The van der Waals surface area contributed by atoms with Crippen LogP contribution in [-0.2, 0) is 0 Å². The zero-order chi connectivity index (χ0) is 23.2. The number of benzene rings is 3. The van der Waals surface area contributed by atoms with Crippen LogP contribution in [0.4, 0.5) is 5.69 Å². The Morgan fingerprint density at radius 1 is 1.03 bits per heavy atom. The molecule has 5 heteroatoms. The van der Waals surface area contributed by atoms with Gasteiger partial charge in [-0.3, -0.25) is 4.79 Å². The molecule has 1 amide bonds. The zero-order valence-corrected chi connectivity index (χ0v) is 19.4. The van der Waals surface area contributed by atoms with Crippen molar-refractivity contribution in [3.63, 3.8) is 0 Å². The fraction of sp³-hybridized carbons (Fsp3) is 0.286. The van der Waals surface area contributed by atoms with Crippen LogP contribution in [0.1, 0.15) is 61.9 Å². The fourth-order valence-corrected chi connectivity index (χ4v) is 3.55. The number of carbonyl (C=O) groups is 1. The number of rotatable bonds is 9. The second kappa shape index (κ2) is 10.3. The molecule has 0 aliphatic carbocycles. The number of oxazole rings is 1. The zero-order valence-electron chi connectivity index (χ0n) is 19.4. The van der Waals surface area contributed by atoms with Crippen molar-refractivity contribution in [3.05, 3.63) is 77.9 Å². The van der Waals surface area contributed by atoms with E-state index in [-0.39, 0.29) is 5.91 Å². The highest BCUT2D eigenvalue weighted by atomic mass is 16.5. The smallest absolute Gasteiger partial charge is 0.255 e. The van der Waals surface area contributed by atoms with Gasteiger partial charge in [0.05, 0.1) is 6.61 Å². The number of nitrogens with one attached hydrogen (secondary N) is 1. The van der Waals surface area contributed by atoms with E-state index in [9.17, 15) is 4.79 Å². The Morgan fingerprint density at radius 2 is 1.79 bits per heavy atom. The summed E-state index contributed by atoms with van der Waals surface area (Å²) in [5, 5.41) is 2.93. The standard InChI is InChI=1S/C28H30N2O3/c1-4-6-17-32-24-14-9-20(10-15-24)27(31)29-23-12-7-21(8-13-23)28-30-25-18-22(19(3)5-2)11-16-26(25)33-28/h7-16,18-19H,4-6,17H2,1-3H3,(H,29,31). The van der Waals surface area contributed by atoms with Crippen LogP contribution < -0.4 is 10.1 Å². The maximum absolute atomic E-state index is 12.6. The van der Waals surface area contributed by atoms with Crippen molar-refractivity contribution in [1.29, 1.82) is 0 Å². The number of hydrogen-bond acceptors (Lipinski definition) is 4. The fourth-order valence-electron chi connectivity index (χ4n) is 3.55. The maximum atomic E-state index is 12.6. The highest BCUT2D eigenvalue weighted by molar-refractivity contribution is 6.04. The summed E-state index contributed by atoms with van der Waals surface area (Å²) < 4.78 is 11.6. The summed E-state index contributed by atoms with van der Waals surface area (Å²) >= 11 is 0. The monoisotopic (exact) mass is 442 g/mol. The van der Waals surface area contributed by atoms with Gasteiger partial charge in [-0.2, -0.15) is 0 Å². The summed E-state index contributed by atoms with van der Waals surface area (Å²) in [5.41, 5.74) is 5.06. The molecular formula is C28H30N2O3. The highest BCUT2D eigenvalue weighted by Crippen LogP contribution is 2.28. The van der Waals surface area contributed by atoms with Crippen molar-refractivity contribution in [3.8, 4) is 17.2 Å². The first-order chi connectivity index (χ1) is 16.1. The molecule has 4 rings (SSSR count). The Hall–Kier alpha value is -3.60. The minimum absolute atomic E-state index is 0.165. The number of carbonyl (C=O) groups excluding carboxylic acids is 1. The van der Waals surface area contributed by atoms with Gasteiger partial charge in [-0.05, 0) is 85.0 Å². The molecule has 0 bridgehead atoms. The maximum Gasteiger partial charge on any atom is 0.255 e. The van der Waals surface area contributed by atoms with Crippen molar-refractivity contribution in [2.75, 3.05) is 11.9 Å². The summed E-state index contributed by atoms with van der Waals surface area (Å²) in [4.78, 5) is 17.3. The molecule has 1 unspecified atom stereocenters. The summed E-state index contributed by atoms with van der Waals surface area (Å²) in [7, 11) is 0. The van der Waals surface area contributed by atoms with E-state index in [1.807, 2.05) is 42.5 Å². The predicted octanol–water partition coefficient (Wildman–Crippen LogP) is 7.44. The molecule has 1 aromatic heterocycles. The molecule has 1 atom stereocenters. The summed E-state index contributed by atoms with van der Waals surface area (Å²) in [6.45, 7) is 7.21. The van der Waals surface area contributed by atoms with E-state index in [0.717, 1.165) is 41.7 Å². The van der Waals surface area contributed by atoms with Gasteiger partial charge in [-0.15, -0.1) is 0 Å². The van der Waals surface area contributed by atoms with E-state index in [1.54, 1.807) is 12.1 Å². The number of hydrogen-bond donors (Lipinski definition) is 1. The van der Waals surface area contributed by atoms with E-state index >= 15 is 0 Å². The van der Waals surface area contributed by atoms with Gasteiger partial charge >= 0.3 is 0 Å². The molecule has 1 N–H and O–H groups in total. The van der Waals surface area contributed by atoms with Crippen LogP contribution in [0, 0.1) is 0 Å². The van der Waals surface area contributed by atoms with Gasteiger partial charge in [0.25, 0.3) is 5.91 Å². The largest absolute Gasteiger partial charge is 0.494 e. The molecule has 1 heterocycles. The molecule has 5 nitrogen and oxygen atoms in total. The molecule has 0 radical (unpaired) electrons. The quantitative estimate of drug-likeness (QED) is 0.274. The third kappa shape index (κ3) is 5.43. The number of unbranched alkanes of at least 4 members (excludes halogenated alkanes) is 1. The van der Waals surface area contributed by atoms with Crippen LogP contribution >= 0.6 is 0 Å². The molecule has 0 spiro atoms. The third-order valence-electron chi connectivity index (χ3n) is 5.87. The first-order valence-electron chi connectivity index (χ1n) is 11.6. The average molecular weight is 443 g/mol. The number of ether oxygens (including phenoxy) is 1. The van der Waals surface area contributed by atoms with Gasteiger partial charge in [-0.25, -0.2) is 4.98 Å². The van der Waals surface area contributed by atoms with Crippen molar-refractivity contribution in [2.45, 2.75) is 46.0 Å². The van der Waals surface area contributed by atoms with Gasteiger partial charge in [0, 0.05) is 16.8 Å². The Kier molecular flexibility index (Phi) is 7.08. The van der Waals surface area contributed by atoms with E-state index in [4.69, 9.17) is 9.15 Å². The number of fused-ring (bicyclic) bond motifs is 1. The molecule has 0 fully saturated rings. The van der Waals surface area contributed by atoms with E-state index in [1.165, 1.54) is 5.56 Å². The van der Waals surface area contributed by atoms with E-state index < -0.39 is 0 Å². The molecule has 170 valence electrons. The van der Waals surface area contributed by atoms with E-state index in [0.29, 0.717) is 29.7 Å². The topological polar surface area (TPSA) is 64.4 Å². The lowest BCUT2D eigenvalue weighted by atomic mass is 9.98. The molecule has 3 aromatic carbocycles. The molecule has 4 aromatic rings. The number of nitrogens with zero attached hydrogens (tertiary/aromatic N) is 1. The van der Waals surface area contributed by atoms with Crippen LogP contribution in [-0.4, -0.2) is 17.5 Å². The highest BCUT2D eigenvalue weighted by Gasteiger charge is 2.12. The van der Waals surface area contributed by atoms with Gasteiger partial charge in [0.2, 0.25) is 5.89 Å². The van der Waals surface area contributed by atoms with Crippen molar-refractivity contribution < 1.29 is 13.9 Å². The molecule has 0 aliphatic rings. The van der Waals surface area contributed by atoms with Gasteiger partial charge in [0.1, 0.15) is 11.3 Å². The van der Waals surface area contributed by atoms with Crippen molar-refractivity contribution in [2.24, 2.45) is 0 Å². The lowest BCUT2D eigenvalue weighted by Crippen LogP contribution is -2.11. The van der Waals surface area contributed by atoms with Crippen molar-refractivity contribution >= 4 is 22.7 Å². The third-order valence-corrected chi connectivity index (χ3v) is 5.87. The molecule has 0 saturated carbocycles. The number of anilines is 1. The summed E-state index contributed by atoms with van der Waals surface area (Å²) in [5.74, 6) is 1.67. The Bertz CT molecular complexity index is 1210. The van der Waals surface area contributed by atoms with Crippen LogP contribution in [0.5, 0.6) is 5.75 Å². The van der Waals surface area contributed by atoms with Gasteiger partial charge in [-0.1, -0.05) is 33.3 Å².